The first-order valence-corrected chi connectivity index (χ1v) is 7.20. The summed E-state index contributed by atoms with van der Waals surface area (Å²) >= 11 is 0. The van der Waals surface area contributed by atoms with E-state index in [2.05, 4.69) is 24.4 Å². The summed E-state index contributed by atoms with van der Waals surface area (Å²) in [7, 11) is 0. The molecule has 0 heterocycles. The second kappa shape index (κ2) is 6.71. The van der Waals surface area contributed by atoms with Crippen molar-refractivity contribution in [3.8, 4) is 0 Å². The van der Waals surface area contributed by atoms with Crippen molar-refractivity contribution in [2.75, 3.05) is 6.61 Å². The lowest BCUT2D eigenvalue weighted by atomic mass is 10.0. The Morgan fingerprint density at radius 1 is 1.37 bits per heavy atom. The van der Waals surface area contributed by atoms with Crippen molar-refractivity contribution in [1.82, 2.24) is 5.32 Å². The topological polar surface area (TPSA) is 38.3 Å². The predicted molar refractivity (Wildman–Crippen MR) is 75.8 cm³/mol. The smallest absolute Gasteiger partial charge is 0.310 e. The minimum atomic E-state index is -0.0437. The van der Waals surface area contributed by atoms with Crippen molar-refractivity contribution < 1.29 is 9.53 Å². The normalized spacial score (nSPS) is 24.1. The van der Waals surface area contributed by atoms with E-state index in [0.29, 0.717) is 6.61 Å². The third-order valence-corrected chi connectivity index (χ3v) is 3.87. The predicted octanol–water partition coefficient (Wildman–Crippen LogP) is 3.07. The highest BCUT2D eigenvalue weighted by Crippen LogP contribution is 2.29. The molecule has 3 atom stereocenters. The Balaban J connectivity index is 1.96. The van der Waals surface area contributed by atoms with Crippen molar-refractivity contribution in [1.29, 1.82) is 0 Å². The third-order valence-electron chi connectivity index (χ3n) is 3.87. The van der Waals surface area contributed by atoms with Crippen LogP contribution in [0.2, 0.25) is 0 Å². The van der Waals surface area contributed by atoms with Crippen LogP contribution in [-0.2, 0) is 9.53 Å². The fourth-order valence-electron chi connectivity index (χ4n) is 2.85. The van der Waals surface area contributed by atoms with Gasteiger partial charge in [-0.25, -0.2) is 0 Å². The van der Waals surface area contributed by atoms with Gasteiger partial charge in [-0.1, -0.05) is 36.8 Å². The number of ether oxygens (including phenoxy) is 1. The highest BCUT2D eigenvalue weighted by atomic mass is 16.5. The van der Waals surface area contributed by atoms with E-state index in [1.807, 2.05) is 25.1 Å². The monoisotopic (exact) mass is 261 g/mol. The molecule has 1 aliphatic carbocycles. The van der Waals surface area contributed by atoms with Gasteiger partial charge in [-0.15, -0.1) is 0 Å². The Labute approximate surface area is 115 Å². The van der Waals surface area contributed by atoms with Gasteiger partial charge in [0.1, 0.15) is 0 Å². The molecule has 3 nitrogen and oxygen atoms in total. The third kappa shape index (κ3) is 3.57. The van der Waals surface area contributed by atoms with Crippen molar-refractivity contribution in [3.63, 3.8) is 0 Å². The molecule has 0 unspecified atom stereocenters. The molecule has 1 N–H and O–H groups in total. The number of nitrogens with one attached hydrogen (secondary N) is 1. The summed E-state index contributed by atoms with van der Waals surface area (Å²) in [6, 6.07) is 10.9. The number of benzene rings is 1. The molecule has 1 saturated carbocycles. The van der Waals surface area contributed by atoms with Crippen LogP contribution in [0.25, 0.3) is 0 Å². The maximum atomic E-state index is 11.9. The fraction of sp³-hybridized carbons (Fsp3) is 0.562. The molecule has 1 fully saturated rings. The molecule has 1 aliphatic rings. The largest absolute Gasteiger partial charge is 0.466 e. The molecule has 104 valence electrons. The van der Waals surface area contributed by atoms with E-state index >= 15 is 0 Å². The molecule has 0 aromatic heterocycles. The zero-order chi connectivity index (χ0) is 13.7. The summed E-state index contributed by atoms with van der Waals surface area (Å²) in [5.74, 6) is -0.0242. The van der Waals surface area contributed by atoms with E-state index in [-0.39, 0.29) is 24.0 Å². The first-order valence-electron chi connectivity index (χ1n) is 7.20. The molecule has 0 bridgehead atoms. The van der Waals surface area contributed by atoms with E-state index in [4.69, 9.17) is 4.74 Å². The van der Waals surface area contributed by atoms with E-state index in [1.54, 1.807) is 0 Å². The Kier molecular flexibility index (Phi) is 4.97. The lowest BCUT2D eigenvalue weighted by molar-refractivity contribution is -0.148. The highest BCUT2D eigenvalue weighted by Gasteiger charge is 2.34. The second-order valence-electron chi connectivity index (χ2n) is 5.19. The van der Waals surface area contributed by atoms with E-state index in [1.165, 1.54) is 5.56 Å². The zero-order valence-corrected chi connectivity index (χ0v) is 11.8. The van der Waals surface area contributed by atoms with Crippen molar-refractivity contribution in [2.24, 2.45) is 5.92 Å². The average molecular weight is 261 g/mol. The van der Waals surface area contributed by atoms with E-state index < -0.39 is 0 Å². The fourth-order valence-corrected chi connectivity index (χ4v) is 2.85. The molecule has 3 heteroatoms. The summed E-state index contributed by atoms with van der Waals surface area (Å²) in [4.78, 5) is 11.9. The highest BCUT2D eigenvalue weighted by molar-refractivity contribution is 5.73. The molecule has 0 amide bonds. The maximum absolute atomic E-state index is 11.9. The van der Waals surface area contributed by atoms with Gasteiger partial charge in [-0.2, -0.15) is 0 Å². The van der Waals surface area contributed by atoms with Gasteiger partial charge in [-0.3, -0.25) is 4.79 Å². The number of hydrogen-bond donors (Lipinski definition) is 1. The summed E-state index contributed by atoms with van der Waals surface area (Å²) < 4.78 is 5.16. The molecule has 2 rings (SSSR count). The summed E-state index contributed by atoms with van der Waals surface area (Å²) in [5, 5.41) is 3.58. The Morgan fingerprint density at radius 3 is 2.79 bits per heavy atom. The van der Waals surface area contributed by atoms with E-state index in [0.717, 1.165) is 19.3 Å². The van der Waals surface area contributed by atoms with Crippen LogP contribution < -0.4 is 5.32 Å². The van der Waals surface area contributed by atoms with Crippen molar-refractivity contribution in [3.05, 3.63) is 35.9 Å². The van der Waals surface area contributed by atoms with Crippen LogP contribution in [0, 0.1) is 5.92 Å². The number of carbonyl (C=O) groups is 1. The first-order chi connectivity index (χ1) is 9.22. The summed E-state index contributed by atoms with van der Waals surface area (Å²) in [5.41, 5.74) is 1.26. The Hall–Kier alpha value is -1.35. The minimum Gasteiger partial charge on any atom is -0.466 e. The van der Waals surface area contributed by atoms with Crippen LogP contribution >= 0.6 is 0 Å². The number of carbonyl (C=O) groups excluding carboxylic acids is 1. The van der Waals surface area contributed by atoms with E-state index in [9.17, 15) is 4.79 Å². The van der Waals surface area contributed by atoms with Gasteiger partial charge < -0.3 is 10.1 Å². The van der Waals surface area contributed by atoms with Crippen molar-refractivity contribution >= 4 is 5.97 Å². The minimum absolute atomic E-state index is 0.0195. The van der Waals surface area contributed by atoms with Gasteiger partial charge in [0.2, 0.25) is 0 Å². The lowest BCUT2D eigenvalue weighted by Crippen LogP contribution is -2.38. The van der Waals surface area contributed by atoms with Gasteiger partial charge in [0.15, 0.2) is 0 Å². The summed E-state index contributed by atoms with van der Waals surface area (Å²) in [6.07, 6.45) is 3.10. The van der Waals surface area contributed by atoms with Crippen LogP contribution in [0.5, 0.6) is 0 Å². The standard InChI is InChI=1S/C16H23NO2/c1-3-19-16(18)14-10-7-11-15(14)17-12(2)13-8-5-4-6-9-13/h4-6,8-9,12,14-15,17H,3,7,10-11H2,1-2H3/t12-,14-,15-/m1/s1. The SMILES string of the molecule is CCOC(=O)[C@@H]1CCC[C@H]1N[C@H](C)c1ccccc1. The van der Waals surface area contributed by atoms with Crippen LogP contribution in [0.4, 0.5) is 0 Å². The summed E-state index contributed by atoms with van der Waals surface area (Å²) in [6.45, 7) is 4.48. The van der Waals surface area contributed by atoms with Gasteiger partial charge in [0.25, 0.3) is 0 Å². The number of esters is 1. The Morgan fingerprint density at radius 2 is 2.11 bits per heavy atom. The second-order valence-corrected chi connectivity index (χ2v) is 5.19. The average Bonchev–Trinajstić information content (AvgIpc) is 2.88. The molecular formula is C16H23NO2. The Bertz CT molecular complexity index is 404. The molecule has 19 heavy (non-hydrogen) atoms. The molecule has 0 aliphatic heterocycles. The van der Waals surface area contributed by atoms with Gasteiger partial charge in [-0.05, 0) is 32.3 Å². The molecule has 0 saturated heterocycles. The van der Waals surface area contributed by atoms with Gasteiger partial charge in [0, 0.05) is 12.1 Å². The van der Waals surface area contributed by atoms with Crippen LogP contribution in [-0.4, -0.2) is 18.6 Å². The zero-order valence-electron chi connectivity index (χ0n) is 11.8. The first kappa shape index (κ1) is 14.1. The molecule has 1 aromatic carbocycles. The maximum Gasteiger partial charge on any atom is 0.310 e. The molecular weight excluding hydrogens is 238 g/mol. The molecule has 0 spiro atoms. The van der Waals surface area contributed by atoms with Crippen LogP contribution in [0.3, 0.4) is 0 Å². The number of rotatable bonds is 5. The van der Waals surface area contributed by atoms with Gasteiger partial charge >= 0.3 is 5.97 Å². The quantitative estimate of drug-likeness (QED) is 0.828. The number of hydrogen-bond acceptors (Lipinski definition) is 3. The van der Waals surface area contributed by atoms with Crippen LogP contribution in [0.1, 0.15) is 44.7 Å². The van der Waals surface area contributed by atoms with Gasteiger partial charge in [0.05, 0.1) is 12.5 Å². The lowest BCUT2D eigenvalue weighted by Gasteiger charge is -2.24. The van der Waals surface area contributed by atoms with Crippen molar-refractivity contribution in [2.45, 2.75) is 45.2 Å². The molecule has 0 radical (unpaired) electrons. The van der Waals surface area contributed by atoms with Crippen LogP contribution in [0.15, 0.2) is 30.3 Å². The molecule has 1 aromatic rings.